The van der Waals surface area contributed by atoms with Crippen LogP contribution in [0.4, 0.5) is 5.13 Å². The number of para-hydroxylation sites is 1. The summed E-state index contributed by atoms with van der Waals surface area (Å²) in [4.78, 5) is 22.2. The summed E-state index contributed by atoms with van der Waals surface area (Å²) in [6, 6.07) is 12.6. The fourth-order valence-electron chi connectivity index (χ4n) is 4.15. The highest BCUT2D eigenvalue weighted by atomic mass is 32.2. The van der Waals surface area contributed by atoms with Crippen LogP contribution in [0.2, 0.25) is 0 Å². The Morgan fingerprint density at radius 3 is 2.41 bits per heavy atom. The van der Waals surface area contributed by atoms with Gasteiger partial charge in [-0.3, -0.25) is 4.79 Å². The van der Waals surface area contributed by atoms with Crippen LogP contribution in [0, 0.1) is 0 Å². The minimum Gasteiger partial charge on any atom is -0.345 e. The number of sulfonamides is 1. The number of rotatable bonds is 8. The Labute approximate surface area is 206 Å². The Hall–Kier alpha value is -2.49. The number of amides is 1. The summed E-state index contributed by atoms with van der Waals surface area (Å²) in [5, 5.41) is 1.00. The molecule has 7 nitrogen and oxygen atoms in total. The number of anilines is 1. The second-order valence-electron chi connectivity index (χ2n) is 8.60. The lowest BCUT2D eigenvalue weighted by molar-refractivity contribution is 0.0746. The number of fused-ring (bicyclic) bond motifs is 1. The van der Waals surface area contributed by atoms with Gasteiger partial charge in [0.25, 0.3) is 5.91 Å². The summed E-state index contributed by atoms with van der Waals surface area (Å²) in [5.41, 5.74) is 2.85. The Morgan fingerprint density at radius 2 is 1.76 bits per heavy atom. The molecule has 2 aromatic carbocycles. The second-order valence-corrected chi connectivity index (χ2v) is 11.7. The minimum atomic E-state index is -3.54. The van der Waals surface area contributed by atoms with Gasteiger partial charge in [0.2, 0.25) is 10.0 Å². The highest BCUT2D eigenvalue weighted by molar-refractivity contribution is 7.89. The van der Waals surface area contributed by atoms with E-state index in [1.54, 1.807) is 30.5 Å². The minimum absolute atomic E-state index is 0.0690. The van der Waals surface area contributed by atoms with Gasteiger partial charge in [0, 0.05) is 45.3 Å². The topological polar surface area (TPSA) is 73.8 Å². The van der Waals surface area contributed by atoms with E-state index in [9.17, 15) is 13.2 Å². The molecule has 1 saturated heterocycles. The molecule has 0 N–H and O–H groups in total. The predicted molar refractivity (Wildman–Crippen MR) is 138 cm³/mol. The van der Waals surface area contributed by atoms with Crippen LogP contribution in [0.25, 0.3) is 10.2 Å². The fraction of sp³-hybridized carbons (Fsp3) is 0.440. The van der Waals surface area contributed by atoms with E-state index in [-0.39, 0.29) is 10.8 Å². The first kappa shape index (κ1) is 24.6. The molecular weight excluding hydrogens is 468 g/mol. The van der Waals surface area contributed by atoms with Crippen LogP contribution < -0.4 is 4.90 Å². The molecule has 0 radical (unpaired) electrons. The number of benzene rings is 2. The normalized spacial score (nSPS) is 14.8. The molecule has 0 atom stereocenters. The first-order valence-corrected chi connectivity index (χ1v) is 14.1. The van der Waals surface area contributed by atoms with Crippen molar-refractivity contribution in [2.75, 3.05) is 44.7 Å². The molecule has 1 aromatic heterocycles. The maximum atomic E-state index is 13.0. The molecule has 0 saturated carbocycles. The first-order chi connectivity index (χ1) is 16.3. The van der Waals surface area contributed by atoms with Crippen LogP contribution in [0.1, 0.15) is 42.6 Å². The van der Waals surface area contributed by atoms with E-state index in [1.165, 1.54) is 26.7 Å². The third-order valence-electron chi connectivity index (χ3n) is 6.35. The molecule has 1 amide bonds. The number of unbranched alkanes of at least 4 members (excludes halogenated alkanes) is 1. The van der Waals surface area contributed by atoms with Gasteiger partial charge in [-0.15, -0.1) is 0 Å². The average Bonchev–Trinajstić information content (AvgIpc) is 3.31. The van der Waals surface area contributed by atoms with Gasteiger partial charge >= 0.3 is 0 Å². The van der Waals surface area contributed by atoms with Crippen LogP contribution in [-0.2, 0) is 16.4 Å². The molecule has 1 aliphatic rings. The number of hydrogen-bond donors (Lipinski definition) is 0. The van der Waals surface area contributed by atoms with Crippen molar-refractivity contribution in [3.05, 3.63) is 53.6 Å². The number of carbonyl (C=O) groups excluding carboxylic acids is 1. The number of hydrogen-bond acceptors (Lipinski definition) is 6. The molecule has 2 heterocycles. The first-order valence-electron chi connectivity index (χ1n) is 11.8. The van der Waals surface area contributed by atoms with Gasteiger partial charge < -0.3 is 9.80 Å². The lowest BCUT2D eigenvalue weighted by Gasteiger charge is -2.34. The Kier molecular flexibility index (Phi) is 7.54. The number of aromatic nitrogens is 1. The van der Waals surface area contributed by atoms with Crippen LogP contribution >= 0.6 is 11.3 Å². The molecule has 4 rings (SSSR count). The lowest BCUT2D eigenvalue weighted by Crippen LogP contribution is -2.48. The Morgan fingerprint density at radius 1 is 1.06 bits per heavy atom. The van der Waals surface area contributed by atoms with Crippen LogP contribution in [0.3, 0.4) is 0 Å². The smallest absolute Gasteiger partial charge is 0.253 e. The van der Waals surface area contributed by atoms with Gasteiger partial charge in [-0.2, -0.15) is 0 Å². The number of nitrogens with zero attached hydrogens (tertiary/aromatic N) is 4. The molecule has 9 heteroatoms. The highest BCUT2D eigenvalue weighted by Gasteiger charge is 2.25. The number of aryl methyl sites for hydroxylation is 1. The maximum Gasteiger partial charge on any atom is 0.253 e. The van der Waals surface area contributed by atoms with Crippen LogP contribution in [0.5, 0.6) is 0 Å². The molecule has 1 aliphatic heterocycles. The van der Waals surface area contributed by atoms with Crippen molar-refractivity contribution in [1.82, 2.24) is 14.2 Å². The number of thiazole rings is 1. The molecule has 0 spiro atoms. The number of carbonyl (C=O) groups is 1. The van der Waals surface area contributed by atoms with Crippen molar-refractivity contribution in [1.29, 1.82) is 0 Å². The van der Waals surface area contributed by atoms with Gasteiger partial charge in [0.15, 0.2) is 5.13 Å². The van der Waals surface area contributed by atoms with Crippen molar-refractivity contribution in [3.8, 4) is 0 Å². The van der Waals surface area contributed by atoms with E-state index in [0.717, 1.165) is 43.0 Å². The van der Waals surface area contributed by atoms with E-state index in [0.29, 0.717) is 25.2 Å². The summed E-state index contributed by atoms with van der Waals surface area (Å²) in [6.45, 7) is 7.32. The van der Waals surface area contributed by atoms with Gasteiger partial charge in [-0.05, 0) is 48.7 Å². The summed E-state index contributed by atoms with van der Waals surface area (Å²) in [6.07, 6.45) is 2.70. The molecule has 182 valence electrons. The van der Waals surface area contributed by atoms with Crippen molar-refractivity contribution < 1.29 is 13.2 Å². The molecular formula is C25H32N4O3S2. The summed E-state index contributed by atoms with van der Waals surface area (Å²) >= 11 is 1.70. The van der Waals surface area contributed by atoms with Crippen LogP contribution in [-0.4, -0.2) is 68.3 Å². The molecule has 1 fully saturated rings. The fourth-order valence-corrected chi connectivity index (χ4v) is 6.42. The predicted octanol–water partition coefficient (Wildman–Crippen LogP) is 4.24. The third kappa shape index (κ3) is 4.96. The standard InChI is InChI=1S/C25H32N4O3S2/c1-4-6-14-27(3)34(31,32)21-12-10-20(11-13-21)24(30)28-15-17-29(18-16-28)25-26-23-19(5-2)8-7-9-22(23)33-25/h7-13H,4-6,14-18H2,1-3H3. The Balaban J connectivity index is 1.40. The lowest BCUT2D eigenvalue weighted by atomic mass is 10.1. The van der Waals surface area contributed by atoms with E-state index >= 15 is 0 Å². The van der Waals surface area contributed by atoms with E-state index < -0.39 is 10.0 Å². The molecule has 0 unspecified atom stereocenters. The van der Waals surface area contributed by atoms with Crippen molar-refractivity contribution in [3.63, 3.8) is 0 Å². The zero-order chi connectivity index (χ0) is 24.3. The average molecular weight is 501 g/mol. The van der Waals surface area contributed by atoms with Crippen molar-refractivity contribution in [2.45, 2.75) is 38.0 Å². The van der Waals surface area contributed by atoms with Gasteiger partial charge in [0.05, 0.1) is 15.1 Å². The van der Waals surface area contributed by atoms with E-state index in [1.807, 2.05) is 11.8 Å². The third-order valence-corrected chi connectivity index (χ3v) is 9.30. The van der Waals surface area contributed by atoms with Crippen molar-refractivity contribution >= 4 is 42.6 Å². The Bertz CT molecular complexity index is 1250. The van der Waals surface area contributed by atoms with Crippen molar-refractivity contribution in [2.24, 2.45) is 0 Å². The van der Waals surface area contributed by atoms with E-state index in [2.05, 4.69) is 30.0 Å². The maximum absolute atomic E-state index is 13.0. The SMILES string of the molecule is CCCCN(C)S(=O)(=O)c1ccc(C(=O)N2CCN(c3nc4c(CC)cccc4s3)CC2)cc1. The highest BCUT2D eigenvalue weighted by Crippen LogP contribution is 2.31. The van der Waals surface area contributed by atoms with E-state index in [4.69, 9.17) is 4.98 Å². The summed E-state index contributed by atoms with van der Waals surface area (Å²) in [5.74, 6) is -0.0690. The zero-order valence-electron chi connectivity index (χ0n) is 20.0. The monoisotopic (exact) mass is 500 g/mol. The second kappa shape index (κ2) is 10.4. The molecule has 34 heavy (non-hydrogen) atoms. The quantitative estimate of drug-likeness (QED) is 0.463. The van der Waals surface area contributed by atoms with Gasteiger partial charge in [-0.1, -0.05) is 43.7 Å². The molecule has 0 aliphatic carbocycles. The summed E-state index contributed by atoms with van der Waals surface area (Å²) < 4.78 is 28.0. The molecule has 3 aromatic rings. The summed E-state index contributed by atoms with van der Waals surface area (Å²) in [7, 11) is -1.94. The largest absolute Gasteiger partial charge is 0.345 e. The van der Waals surface area contributed by atoms with Gasteiger partial charge in [0.1, 0.15) is 0 Å². The van der Waals surface area contributed by atoms with Gasteiger partial charge in [-0.25, -0.2) is 17.7 Å². The van der Waals surface area contributed by atoms with Crippen LogP contribution in [0.15, 0.2) is 47.4 Å². The zero-order valence-corrected chi connectivity index (χ0v) is 21.7. The number of piperazine rings is 1. The molecule has 0 bridgehead atoms.